The van der Waals surface area contributed by atoms with Crippen molar-refractivity contribution in [2.45, 2.75) is 37.1 Å². The highest BCUT2D eigenvalue weighted by atomic mass is 32.2. The number of aryl methyl sites for hydroxylation is 3. The van der Waals surface area contributed by atoms with E-state index >= 15 is 0 Å². The van der Waals surface area contributed by atoms with Crippen LogP contribution in [0, 0.1) is 13.8 Å². The average Bonchev–Trinajstić information content (AvgIpc) is 3.40. The molecule has 0 amide bonds. The van der Waals surface area contributed by atoms with Crippen LogP contribution in [0.1, 0.15) is 23.6 Å². The van der Waals surface area contributed by atoms with Crippen LogP contribution in [0.25, 0.3) is 15.9 Å². The standard InChI is InChI=1S/C23H21N5O2S2/c1-4-16-5-7-18(8-6-16)32(29,30)23-22-25-21(24-17-12-14(2)11-15(3)13-17)20-19(9-10-31-20)28(22)27-26-23/h5-13H,4H2,1-3H3,(H,24,25). The number of hydrogen-bond acceptors (Lipinski definition) is 7. The molecule has 0 unspecified atom stereocenters. The van der Waals surface area contributed by atoms with Gasteiger partial charge in [0.15, 0.2) is 11.5 Å². The van der Waals surface area contributed by atoms with E-state index in [1.165, 1.54) is 15.9 Å². The lowest BCUT2D eigenvalue weighted by Crippen LogP contribution is -2.05. The maximum absolute atomic E-state index is 13.4. The minimum Gasteiger partial charge on any atom is -0.339 e. The number of thiophene rings is 1. The van der Waals surface area contributed by atoms with Crippen molar-refractivity contribution in [3.63, 3.8) is 0 Å². The molecule has 0 radical (unpaired) electrons. The predicted molar refractivity (Wildman–Crippen MR) is 127 cm³/mol. The van der Waals surface area contributed by atoms with Crippen molar-refractivity contribution in [3.8, 4) is 0 Å². The lowest BCUT2D eigenvalue weighted by molar-refractivity contribution is 0.592. The summed E-state index contributed by atoms with van der Waals surface area (Å²) in [6.45, 7) is 6.09. The van der Waals surface area contributed by atoms with Crippen LogP contribution in [-0.4, -0.2) is 28.2 Å². The molecular weight excluding hydrogens is 442 g/mol. The van der Waals surface area contributed by atoms with E-state index in [9.17, 15) is 8.42 Å². The molecule has 5 rings (SSSR count). The van der Waals surface area contributed by atoms with Crippen LogP contribution in [0.3, 0.4) is 0 Å². The number of aromatic nitrogens is 4. The van der Waals surface area contributed by atoms with Gasteiger partial charge in [-0.05, 0) is 72.7 Å². The van der Waals surface area contributed by atoms with Gasteiger partial charge in [-0.1, -0.05) is 30.3 Å². The van der Waals surface area contributed by atoms with Gasteiger partial charge in [0.25, 0.3) is 0 Å². The second-order valence-electron chi connectivity index (χ2n) is 7.73. The zero-order valence-electron chi connectivity index (χ0n) is 17.8. The van der Waals surface area contributed by atoms with E-state index in [1.54, 1.807) is 12.1 Å². The molecule has 2 aromatic carbocycles. The minimum absolute atomic E-state index is 0.154. The fourth-order valence-corrected chi connectivity index (χ4v) is 5.83. The lowest BCUT2D eigenvalue weighted by atomic mass is 10.1. The third-order valence-electron chi connectivity index (χ3n) is 5.30. The molecule has 0 aliphatic carbocycles. The summed E-state index contributed by atoms with van der Waals surface area (Å²) in [5, 5.41) is 13.3. The van der Waals surface area contributed by atoms with Crippen LogP contribution in [0.5, 0.6) is 0 Å². The number of benzene rings is 2. The molecular formula is C23H21N5O2S2. The maximum Gasteiger partial charge on any atom is 0.229 e. The summed E-state index contributed by atoms with van der Waals surface area (Å²) in [5.74, 6) is 0.576. The van der Waals surface area contributed by atoms with Crippen LogP contribution in [-0.2, 0) is 16.3 Å². The second-order valence-corrected chi connectivity index (χ2v) is 10.5. The number of nitrogens with one attached hydrogen (secondary N) is 1. The van der Waals surface area contributed by atoms with Gasteiger partial charge in [-0.3, -0.25) is 0 Å². The molecule has 0 aliphatic rings. The molecule has 0 fully saturated rings. The van der Waals surface area contributed by atoms with E-state index < -0.39 is 9.84 Å². The summed E-state index contributed by atoms with van der Waals surface area (Å²) in [6.07, 6.45) is 0.834. The Bertz CT molecular complexity index is 1550. The third kappa shape index (κ3) is 3.43. The molecule has 7 nitrogen and oxygen atoms in total. The van der Waals surface area contributed by atoms with Crippen molar-refractivity contribution in [3.05, 3.63) is 70.6 Å². The molecule has 0 atom stereocenters. The smallest absolute Gasteiger partial charge is 0.229 e. The number of sulfone groups is 1. The monoisotopic (exact) mass is 463 g/mol. The second kappa shape index (κ2) is 7.68. The Hall–Kier alpha value is -3.30. The Morgan fingerprint density at radius 2 is 1.75 bits per heavy atom. The number of rotatable bonds is 5. The Morgan fingerprint density at radius 3 is 2.44 bits per heavy atom. The molecule has 0 bridgehead atoms. The Morgan fingerprint density at radius 1 is 1.03 bits per heavy atom. The normalized spacial score (nSPS) is 12.0. The molecule has 0 aliphatic heterocycles. The summed E-state index contributed by atoms with van der Waals surface area (Å²) in [5.41, 5.74) is 5.15. The molecule has 32 heavy (non-hydrogen) atoms. The number of fused-ring (bicyclic) bond motifs is 3. The summed E-state index contributed by atoms with van der Waals surface area (Å²) in [6, 6.07) is 14.9. The molecule has 3 aromatic heterocycles. The van der Waals surface area contributed by atoms with Crippen LogP contribution in [0.4, 0.5) is 11.5 Å². The molecule has 1 N–H and O–H groups in total. The molecule has 162 valence electrons. The molecule has 0 saturated heterocycles. The van der Waals surface area contributed by atoms with E-state index in [0.29, 0.717) is 5.82 Å². The van der Waals surface area contributed by atoms with Crippen molar-refractivity contribution in [2.75, 3.05) is 5.32 Å². The zero-order chi connectivity index (χ0) is 22.5. The number of hydrogen-bond donors (Lipinski definition) is 1. The van der Waals surface area contributed by atoms with Gasteiger partial charge in [-0.15, -0.1) is 16.4 Å². The molecule has 9 heteroatoms. The van der Waals surface area contributed by atoms with Crippen LogP contribution < -0.4 is 5.32 Å². The van der Waals surface area contributed by atoms with Crippen molar-refractivity contribution in [1.29, 1.82) is 0 Å². The van der Waals surface area contributed by atoms with Crippen LogP contribution in [0.2, 0.25) is 0 Å². The lowest BCUT2D eigenvalue weighted by Gasteiger charge is -2.10. The number of nitrogens with zero attached hydrogens (tertiary/aromatic N) is 4. The summed E-state index contributed by atoms with van der Waals surface area (Å²) < 4.78 is 29.1. The maximum atomic E-state index is 13.4. The van der Waals surface area contributed by atoms with Crippen LogP contribution >= 0.6 is 11.3 Å². The van der Waals surface area contributed by atoms with Gasteiger partial charge in [0.2, 0.25) is 14.9 Å². The molecule has 3 heterocycles. The van der Waals surface area contributed by atoms with E-state index in [0.717, 1.165) is 39.0 Å². The summed E-state index contributed by atoms with van der Waals surface area (Å²) in [7, 11) is -3.88. The van der Waals surface area contributed by atoms with E-state index in [1.807, 2.05) is 56.5 Å². The number of anilines is 2. The van der Waals surface area contributed by atoms with Crippen molar-refractivity contribution in [1.82, 2.24) is 19.8 Å². The summed E-state index contributed by atoms with van der Waals surface area (Å²) in [4.78, 5) is 4.85. The SMILES string of the molecule is CCc1ccc(S(=O)(=O)c2nnn3c2nc(Nc2cc(C)cc(C)c2)c2sccc23)cc1. The summed E-state index contributed by atoms with van der Waals surface area (Å²) >= 11 is 1.51. The highest BCUT2D eigenvalue weighted by Crippen LogP contribution is 2.33. The highest BCUT2D eigenvalue weighted by molar-refractivity contribution is 7.91. The average molecular weight is 464 g/mol. The molecule has 5 aromatic rings. The first-order valence-corrected chi connectivity index (χ1v) is 12.5. The van der Waals surface area contributed by atoms with Crippen LogP contribution in [0.15, 0.2) is 63.8 Å². The predicted octanol–water partition coefficient (Wildman–Crippen LogP) is 5.09. The van der Waals surface area contributed by atoms with Gasteiger partial charge >= 0.3 is 0 Å². The van der Waals surface area contributed by atoms with E-state index in [4.69, 9.17) is 0 Å². The minimum atomic E-state index is -3.88. The van der Waals surface area contributed by atoms with Crippen molar-refractivity contribution in [2.24, 2.45) is 0 Å². The van der Waals surface area contributed by atoms with Crippen molar-refractivity contribution < 1.29 is 8.42 Å². The fourth-order valence-electron chi connectivity index (χ4n) is 3.78. The van der Waals surface area contributed by atoms with E-state index in [-0.39, 0.29) is 15.6 Å². The largest absolute Gasteiger partial charge is 0.339 e. The van der Waals surface area contributed by atoms with Gasteiger partial charge in [-0.25, -0.2) is 13.4 Å². The van der Waals surface area contributed by atoms with Gasteiger partial charge in [-0.2, -0.15) is 4.52 Å². The topological polar surface area (TPSA) is 89.2 Å². The Kier molecular flexibility index (Phi) is 4.94. The Labute approximate surface area is 189 Å². The van der Waals surface area contributed by atoms with Crippen molar-refractivity contribution >= 4 is 48.5 Å². The quantitative estimate of drug-likeness (QED) is 0.390. The van der Waals surface area contributed by atoms with Gasteiger partial charge in [0, 0.05) is 5.69 Å². The van der Waals surface area contributed by atoms with Gasteiger partial charge in [0.1, 0.15) is 0 Å². The zero-order valence-corrected chi connectivity index (χ0v) is 19.5. The first-order valence-electron chi connectivity index (χ1n) is 10.2. The third-order valence-corrected chi connectivity index (χ3v) is 7.88. The molecule has 0 spiro atoms. The Balaban J connectivity index is 1.68. The van der Waals surface area contributed by atoms with E-state index in [2.05, 4.69) is 26.7 Å². The first kappa shape index (κ1) is 20.6. The van der Waals surface area contributed by atoms with Gasteiger partial charge < -0.3 is 5.32 Å². The van der Waals surface area contributed by atoms with Gasteiger partial charge in [0.05, 0.1) is 15.1 Å². The fraction of sp³-hybridized carbons (Fsp3) is 0.174. The molecule has 0 saturated carbocycles. The highest BCUT2D eigenvalue weighted by Gasteiger charge is 2.27. The first-order chi connectivity index (χ1) is 15.4.